The van der Waals surface area contributed by atoms with E-state index in [4.69, 9.17) is 0 Å². The molecule has 28 heavy (non-hydrogen) atoms. The van der Waals surface area contributed by atoms with Crippen molar-refractivity contribution in [3.63, 3.8) is 0 Å². The summed E-state index contributed by atoms with van der Waals surface area (Å²) in [6, 6.07) is 10.1. The first-order valence-electron chi connectivity index (χ1n) is 9.42. The summed E-state index contributed by atoms with van der Waals surface area (Å²) in [5.41, 5.74) is 5.02. The Kier molecular flexibility index (Phi) is 5.02. The molecule has 0 bridgehead atoms. The van der Waals surface area contributed by atoms with Gasteiger partial charge in [-0.05, 0) is 72.6 Å². The molecule has 1 atom stereocenters. The van der Waals surface area contributed by atoms with E-state index in [1.165, 1.54) is 17.3 Å². The number of aromatic carboxylic acids is 1. The largest absolute Gasteiger partial charge is 0.478 e. The highest BCUT2D eigenvalue weighted by molar-refractivity contribution is 5.89. The molecule has 1 N–H and O–H groups in total. The van der Waals surface area contributed by atoms with Gasteiger partial charge in [0.1, 0.15) is 12.1 Å². The van der Waals surface area contributed by atoms with Gasteiger partial charge in [0.15, 0.2) is 0 Å². The lowest BCUT2D eigenvalue weighted by Gasteiger charge is -2.19. The average Bonchev–Trinajstić information content (AvgIpc) is 3.14. The van der Waals surface area contributed by atoms with Gasteiger partial charge in [-0.25, -0.2) is 14.8 Å². The number of rotatable bonds is 6. The van der Waals surface area contributed by atoms with E-state index < -0.39 is 5.97 Å². The standard InChI is InChI=1S/C22H22N4O2/c1-26(21-9-11-24-14-25-21)18-6-7-19-15(2-4-16(19)12-18)3-5-17-13-23-10-8-20(17)22(27)28/h6-15H,2-5H2,1H3,(H,27,28)/t15-/m0/s1. The van der Waals surface area contributed by atoms with Gasteiger partial charge >= 0.3 is 5.97 Å². The Morgan fingerprint density at radius 3 is 2.86 bits per heavy atom. The Labute approximate surface area is 163 Å². The van der Waals surface area contributed by atoms with Crippen LogP contribution in [0.3, 0.4) is 0 Å². The van der Waals surface area contributed by atoms with Crippen molar-refractivity contribution in [1.29, 1.82) is 0 Å². The number of aryl methyl sites for hydroxylation is 2. The summed E-state index contributed by atoms with van der Waals surface area (Å²) in [7, 11) is 2.01. The maximum absolute atomic E-state index is 11.4. The molecule has 1 aliphatic rings. The van der Waals surface area contributed by atoms with Crippen molar-refractivity contribution in [2.75, 3.05) is 11.9 Å². The maximum atomic E-state index is 11.4. The van der Waals surface area contributed by atoms with Crippen LogP contribution in [0.4, 0.5) is 11.5 Å². The predicted octanol–water partition coefficient (Wildman–Crippen LogP) is 4.00. The van der Waals surface area contributed by atoms with Crippen LogP contribution in [0, 0.1) is 0 Å². The van der Waals surface area contributed by atoms with Crippen molar-refractivity contribution in [2.24, 2.45) is 0 Å². The number of carboxylic acids is 1. The van der Waals surface area contributed by atoms with Gasteiger partial charge in [0.05, 0.1) is 5.56 Å². The van der Waals surface area contributed by atoms with Gasteiger partial charge < -0.3 is 10.0 Å². The minimum atomic E-state index is -0.887. The Bertz CT molecular complexity index is 991. The van der Waals surface area contributed by atoms with Crippen LogP contribution >= 0.6 is 0 Å². The minimum Gasteiger partial charge on any atom is -0.478 e. The van der Waals surface area contributed by atoms with Crippen molar-refractivity contribution in [3.8, 4) is 0 Å². The monoisotopic (exact) mass is 374 g/mol. The summed E-state index contributed by atoms with van der Waals surface area (Å²) >= 11 is 0. The Hall–Kier alpha value is -3.28. The first kappa shape index (κ1) is 18.1. The van der Waals surface area contributed by atoms with Gasteiger partial charge in [-0.15, -0.1) is 0 Å². The fourth-order valence-corrected chi connectivity index (χ4v) is 3.98. The topological polar surface area (TPSA) is 79.2 Å². The average molecular weight is 374 g/mol. The van der Waals surface area contributed by atoms with Crippen molar-refractivity contribution in [2.45, 2.75) is 31.6 Å². The van der Waals surface area contributed by atoms with Crippen LogP contribution < -0.4 is 4.90 Å². The highest BCUT2D eigenvalue weighted by atomic mass is 16.4. The number of nitrogens with zero attached hydrogens (tertiary/aromatic N) is 4. The number of hydrogen-bond donors (Lipinski definition) is 1. The summed E-state index contributed by atoms with van der Waals surface area (Å²) < 4.78 is 0. The molecule has 0 saturated heterocycles. The number of carboxylic acid groups (broad SMARTS) is 1. The zero-order valence-corrected chi connectivity index (χ0v) is 15.7. The molecule has 6 nitrogen and oxygen atoms in total. The lowest BCUT2D eigenvalue weighted by atomic mass is 9.93. The van der Waals surface area contributed by atoms with Crippen molar-refractivity contribution in [1.82, 2.24) is 15.0 Å². The van der Waals surface area contributed by atoms with Crippen LogP contribution in [0.15, 0.2) is 55.2 Å². The van der Waals surface area contributed by atoms with E-state index in [9.17, 15) is 9.90 Å². The van der Waals surface area contributed by atoms with Gasteiger partial charge in [-0.3, -0.25) is 4.98 Å². The quantitative estimate of drug-likeness (QED) is 0.702. The van der Waals surface area contributed by atoms with Crippen LogP contribution in [0.25, 0.3) is 0 Å². The highest BCUT2D eigenvalue weighted by Gasteiger charge is 2.24. The summed E-state index contributed by atoms with van der Waals surface area (Å²) in [5.74, 6) is 0.430. The lowest BCUT2D eigenvalue weighted by Crippen LogP contribution is -2.11. The third-order valence-corrected chi connectivity index (χ3v) is 5.52. The molecule has 0 radical (unpaired) electrons. The molecule has 1 aromatic carbocycles. The molecule has 4 rings (SSSR count). The first-order valence-corrected chi connectivity index (χ1v) is 9.42. The molecule has 0 amide bonds. The summed E-state index contributed by atoms with van der Waals surface area (Å²) in [6.45, 7) is 0. The fourth-order valence-electron chi connectivity index (χ4n) is 3.98. The second-order valence-electron chi connectivity index (χ2n) is 7.12. The molecule has 0 spiro atoms. The molecule has 0 saturated carbocycles. The van der Waals surface area contributed by atoms with Gasteiger partial charge in [-0.1, -0.05) is 6.07 Å². The minimum absolute atomic E-state index is 0.357. The lowest BCUT2D eigenvalue weighted by molar-refractivity contribution is 0.0695. The normalized spacial score (nSPS) is 15.2. The van der Waals surface area contributed by atoms with Crippen molar-refractivity contribution in [3.05, 3.63) is 77.5 Å². The number of anilines is 2. The number of carbonyl (C=O) groups is 1. The van der Waals surface area contributed by atoms with Gasteiger partial charge in [0, 0.05) is 31.3 Å². The number of pyridine rings is 1. The van der Waals surface area contributed by atoms with Gasteiger partial charge in [0.2, 0.25) is 0 Å². The van der Waals surface area contributed by atoms with Gasteiger partial charge in [0.25, 0.3) is 0 Å². The van der Waals surface area contributed by atoms with E-state index in [0.29, 0.717) is 11.5 Å². The Morgan fingerprint density at radius 1 is 1.21 bits per heavy atom. The van der Waals surface area contributed by atoms with Crippen LogP contribution in [0.1, 0.15) is 45.8 Å². The summed E-state index contributed by atoms with van der Waals surface area (Å²) in [4.78, 5) is 25.8. The van der Waals surface area contributed by atoms with Crippen LogP contribution in [0.5, 0.6) is 0 Å². The third-order valence-electron chi connectivity index (χ3n) is 5.52. The second-order valence-corrected chi connectivity index (χ2v) is 7.12. The predicted molar refractivity (Wildman–Crippen MR) is 107 cm³/mol. The molecule has 1 aliphatic carbocycles. The molecule has 3 aromatic rings. The molecule has 2 heterocycles. The zero-order chi connectivity index (χ0) is 19.5. The molecule has 0 fully saturated rings. The Balaban J connectivity index is 1.49. The van der Waals surface area contributed by atoms with E-state index in [1.807, 2.05) is 13.1 Å². The smallest absolute Gasteiger partial charge is 0.336 e. The molecule has 0 aliphatic heterocycles. The maximum Gasteiger partial charge on any atom is 0.336 e. The number of benzene rings is 1. The number of hydrogen-bond acceptors (Lipinski definition) is 5. The second kappa shape index (κ2) is 7.76. The number of aromatic nitrogens is 3. The van der Waals surface area contributed by atoms with Crippen LogP contribution in [-0.4, -0.2) is 33.1 Å². The molecule has 6 heteroatoms. The van der Waals surface area contributed by atoms with Crippen LogP contribution in [-0.2, 0) is 12.8 Å². The van der Waals surface area contributed by atoms with Crippen LogP contribution in [0.2, 0.25) is 0 Å². The molecular formula is C22H22N4O2. The molecular weight excluding hydrogens is 352 g/mol. The third kappa shape index (κ3) is 3.58. The summed E-state index contributed by atoms with van der Waals surface area (Å²) in [6.07, 6.45) is 10.3. The molecule has 0 unspecified atom stereocenters. The van der Waals surface area contributed by atoms with Crippen molar-refractivity contribution < 1.29 is 9.90 Å². The Morgan fingerprint density at radius 2 is 2.07 bits per heavy atom. The van der Waals surface area contributed by atoms with E-state index in [1.54, 1.807) is 24.8 Å². The SMILES string of the molecule is CN(c1ccc2c(c1)CC[C@H]2CCc1cnccc1C(=O)O)c1ccncn1. The summed E-state index contributed by atoms with van der Waals surface area (Å²) in [5, 5.41) is 9.35. The van der Waals surface area contributed by atoms with E-state index in [-0.39, 0.29) is 0 Å². The van der Waals surface area contributed by atoms with Crippen molar-refractivity contribution >= 4 is 17.5 Å². The van der Waals surface area contributed by atoms with Gasteiger partial charge in [-0.2, -0.15) is 0 Å². The highest BCUT2D eigenvalue weighted by Crippen LogP contribution is 2.38. The number of fused-ring (bicyclic) bond motifs is 1. The first-order chi connectivity index (χ1) is 13.6. The zero-order valence-electron chi connectivity index (χ0n) is 15.7. The van der Waals surface area contributed by atoms with E-state index in [0.717, 1.165) is 42.8 Å². The van der Waals surface area contributed by atoms with E-state index >= 15 is 0 Å². The molecule has 142 valence electrons. The molecule has 2 aromatic heterocycles. The fraction of sp³-hybridized carbons (Fsp3) is 0.273. The van der Waals surface area contributed by atoms with E-state index in [2.05, 4.69) is 38.1 Å².